The molecule has 0 fully saturated rings. The van der Waals surface area contributed by atoms with Crippen molar-refractivity contribution in [3.8, 4) is 5.75 Å². The maximum atomic E-state index is 13.3. The molecule has 6 nitrogen and oxygen atoms in total. The average molecular weight is 408 g/mol. The van der Waals surface area contributed by atoms with E-state index in [1.807, 2.05) is 62.1 Å². The molecule has 6 heteroatoms. The second kappa shape index (κ2) is 9.57. The van der Waals surface area contributed by atoms with E-state index in [1.165, 1.54) is 4.90 Å². The summed E-state index contributed by atoms with van der Waals surface area (Å²) in [5.41, 5.74) is 2.84. The lowest BCUT2D eigenvalue weighted by Crippen LogP contribution is -2.38. The zero-order valence-electron chi connectivity index (χ0n) is 18.1. The highest BCUT2D eigenvalue weighted by molar-refractivity contribution is 6.35. The third-order valence-electron chi connectivity index (χ3n) is 5.19. The van der Waals surface area contributed by atoms with Crippen LogP contribution in [0.25, 0.3) is 5.57 Å². The summed E-state index contributed by atoms with van der Waals surface area (Å²) in [6, 6.07) is 11.3. The molecule has 3 rings (SSSR count). The summed E-state index contributed by atoms with van der Waals surface area (Å²) < 4.78 is 5.24. The van der Waals surface area contributed by atoms with Crippen LogP contribution in [0.15, 0.2) is 54.5 Å². The number of aromatic nitrogens is 1. The summed E-state index contributed by atoms with van der Waals surface area (Å²) in [5.74, 6) is 0.468. The highest BCUT2D eigenvalue weighted by Gasteiger charge is 2.41. The van der Waals surface area contributed by atoms with Gasteiger partial charge < -0.3 is 9.64 Å². The van der Waals surface area contributed by atoms with Crippen molar-refractivity contribution in [3.05, 3.63) is 65.6 Å². The number of hydrogen-bond donors (Lipinski definition) is 0. The van der Waals surface area contributed by atoms with E-state index in [1.54, 1.807) is 19.5 Å². The molecule has 0 spiro atoms. The van der Waals surface area contributed by atoms with Gasteiger partial charge in [0, 0.05) is 32.0 Å². The number of hydrogen-bond acceptors (Lipinski definition) is 5. The molecule has 0 saturated heterocycles. The Bertz CT molecular complexity index is 920. The first kappa shape index (κ1) is 21.6. The number of rotatable bonds is 9. The summed E-state index contributed by atoms with van der Waals surface area (Å²) >= 11 is 0. The molecular weight excluding hydrogens is 378 g/mol. The van der Waals surface area contributed by atoms with E-state index < -0.39 is 0 Å². The molecule has 1 aromatic heterocycles. The van der Waals surface area contributed by atoms with Gasteiger partial charge in [-0.25, -0.2) is 0 Å². The third-order valence-corrected chi connectivity index (χ3v) is 5.19. The van der Waals surface area contributed by atoms with Crippen LogP contribution in [0.4, 0.5) is 0 Å². The van der Waals surface area contributed by atoms with Gasteiger partial charge in [-0.05, 0) is 54.7 Å². The molecule has 0 bridgehead atoms. The standard InChI is InChI=1S/C24H29N3O3/c1-5-26(15-12-18-10-13-25-14-11-18)22-21(19-6-8-20(30-4)9-7-19)23(28)27(24(22)29)16-17(2)3/h6-11,13-14,17H,5,12,15-16H2,1-4H3. The third kappa shape index (κ3) is 4.53. The second-order valence-corrected chi connectivity index (χ2v) is 7.75. The van der Waals surface area contributed by atoms with Gasteiger partial charge in [-0.15, -0.1) is 0 Å². The van der Waals surface area contributed by atoms with Crippen molar-refractivity contribution in [2.75, 3.05) is 26.7 Å². The van der Waals surface area contributed by atoms with Crippen molar-refractivity contribution in [2.45, 2.75) is 27.2 Å². The van der Waals surface area contributed by atoms with Crippen LogP contribution < -0.4 is 4.74 Å². The molecule has 158 valence electrons. The van der Waals surface area contributed by atoms with Crippen LogP contribution in [-0.2, 0) is 16.0 Å². The normalized spacial score (nSPS) is 14.1. The van der Waals surface area contributed by atoms with Gasteiger partial charge in [-0.3, -0.25) is 19.5 Å². The van der Waals surface area contributed by atoms with Crippen molar-refractivity contribution in [1.82, 2.24) is 14.8 Å². The van der Waals surface area contributed by atoms with Crippen LogP contribution in [0, 0.1) is 5.92 Å². The summed E-state index contributed by atoms with van der Waals surface area (Å²) in [6.07, 6.45) is 4.30. The van der Waals surface area contributed by atoms with Gasteiger partial charge in [0.1, 0.15) is 11.4 Å². The molecule has 0 aliphatic carbocycles. The van der Waals surface area contributed by atoms with E-state index >= 15 is 0 Å². The first-order valence-electron chi connectivity index (χ1n) is 10.3. The topological polar surface area (TPSA) is 62.7 Å². The fourth-order valence-corrected chi connectivity index (χ4v) is 3.65. The maximum Gasteiger partial charge on any atom is 0.277 e. The predicted octanol–water partition coefficient (Wildman–Crippen LogP) is 3.39. The Balaban J connectivity index is 1.98. The van der Waals surface area contributed by atoms with Crippen LogP contribution in [0.2, 0.25) is 0 Å². The number of nitrogens with zero attached hydrogens (tertiary/aromatic N) is 3. The molecule has 30 heavy (non-hydrogen) atoms. The molecule has 2 aromatic rings. The van der Waals surface area contributed by atoms with Gasteiger partial charge in [0.25, 0.3) is 11.8 Å². The zero-order valence-corrected chi connectivity index (χ0v) is 18.1. The minimum atomic E-state index is -0.226. The van der Waals surface area contributed by atoms with Gasteiger partial charge in [0.05, 0.1) is 12.7 Å². The molecule has 0 radical (unpaired) electrons. The van der Waals surface area contributed by atoms with Crippen molar-refractivity contribution < 1.29 is 14.3 Å². The first-order valence-corrected chi connectivity index (χ1v) is 10.3. The maximum absolute atomic E-state index is 13.3. The van der Waals surface area contributed by atoms with Crippen LogP contribution in [-0.4, -0.2) is 53.3 Å². The van der Waals surface area contributed by atoms with Gasteiger partial charge in [0.15, 0.2) is 0 Å². The number of ether oxygens (including phenoxy) is 1. The lowest BCUT2D eigenvalue weighted by molar-refractivity contribution is -0.138. The van der Waals surface area contributed by atoms with Gasteiger partial charge in [-0.1, -0.05) is 26.0 Å². The first-order chi connectivity index (χ1) is 14.5. The fourth-order valence-electron chi connectivity index (χ4n) is 3.65. The van der Waals surface area contributed by atoms with Gasteiger partial charge in [0.2, 0.25) is 0 Å². The Morgan fingerprint density at radius 2 is 1.70 bits per heavy atom. The van der Waals surface area contributed by atoms with Crippen molar-refractivity contribution in [3.63, 3.8) is 0 Å². The molecule has 2 heterocycles. The van der Waals surface area contributed by atoms with E-state index in [0.29, 0.717) is 36.7 Å². The van der Waals surface area contributed by atoms with E-state index in [9.17, 15) is 9.59 Å². The van der Waals surface area contributed by atoms with Crippen LogP contribution in [0.5, 0.6) is 5.75 Å². The Morgan fingerprint density at radius 3 is 2.27 bits per heavy atom. The molecule has 1 aliphatic rings. The Hall–Kier alpha value is -3.15. The van der Waals surface area contributed by atoms with E-state index in [-0.39, 0.29) is 17.7 Å². The lowest BCUT2D eigenvalue weighted by Gasteiger charge is -2.25. The smallest absolute Gasteiger partial charge is 0.277 e. The van der Waals surface area contributed by atoms with Crippen LogP contribution >= 0.6 is 0 Å². The van der Waals surface area contributed by atoms with Crippen molar-refractivity contribution in [2.24, 2.45) is 5.92 Å². The number of benzene rings is 1. The van der Waals surface area contributed by atoms with Crippen LogP contribution in [0.3, 0.4) is 0 Å². The minimum absolute atomic E-state index is 0.196. The van der Waals surface area contributed by atoms with E-state index in [2.05, 4.69) is 4.98 Å². The number of amides is 2. The van der Waals surface area contributed by atoms with Crippen molar-refractivity contribution >= 4 is 17.4 Å². The molecular formula is C24H29N3O3. The molecule has 2 amide bonds. The number of likely N-dealkylation sites (N-methyl/N-ethyl adjacent to an activating group) is 1. The largest absolute Gasteiger partial charge is 0.497 e. The van der Waals surface area contributed by atoms with Gasteiger partial charge >= 0.3 is 0 Å². The molecule has 1 aliphatic heterocycles. The molecule has 0 N–H and O–H groups in total. The van der Waals surface area contributed by atoms with E-state index in [4.69, 9.17) is 4.74 Å². The number of imide groups is 1. The number of pyridine rings is 1. The highest BCUT2D eigenvalue weighted by atomic mass is 16.5. The average Bonchev–Trinajstić information content (AvgIpc) is 2.99. The Morgan fingerprint density at radius 1 is 1.03 bits per heavy atom. The predicted molar refractivity (Wildman–Crippen MR) is 117 cm³/mol. The van der Waals surface area contributed by atoms with E-state index in [0.717, 1.165) is 17.5 Å². The molecule has 0 atom stereocenters. The summed E-state index contributed by atoms with van der Waals surface area (Å²) in [6.45, 7) is 7.70. The van der Waals surface area contributed by atoms with Crippen LogP contribution in [0.1, 0.15) is 31.9 Å². The fraction of sp³-hybridized carbons (Fsp3) is 0.375. The Labute approximate surface area is 178 Å². The summed E-state index contributed by atoms with van der Waals surface area (Å²) in [7, 11) is 1.60. The zero-order chi connectivity index (χ0) is 21.7. The molecule has 0 unspecified atom stereocenters. The summed E-state index contributed by atoms with van der Waals surface area (Å²) in [4.78, 5) is 34.1. The molecule has 1 aromatic carbocycles. The SMILES string of the molecule is CCN(CCc1ccncc1)C1=C(c2ccc(OC)cc2)C(=O)N(CC(C)C)C1=O. The quantitative estimate of drug-likeness (QED) is 0.596. The number of carbonyl (C=O) groups excluding carboxylic acids is 2. The second-order valence-electron chi connectivity index (χ2n) is 7.75. The minimum Gasteiger partial charge on any atom is -0.497 e. The molecule has 0 saturated carbocycles. The monoisotopic (exact) mass is 407 g/mol. The highest BCUT2D eigenvalue weighted by Crippen LogP contribution is 2.33. The van der Waals surface area contributed by atoms with Crippen molar-refractivity contribution in [1.29, 1.82) is 0 Å². The number of carbonyl (C=O) groups is 2. The Kier molecular flexibility index (Phi) is 6.87. The lowest BCUT2D eigenvalue weighted by atomic mass is 10.0. The number of methoxy groups -OCH3 is 1. The summed E-state index contributed by atoms with van der Waals surface area (Å²) in [5, 5.41) is 0. The van der Waals surface area contributed by atoms with Gasteiger partial charge in [-0.2, -0.15) is 0 Å².